The molecule has 17 nitrogen and oxygen atoms in total. The number of hydrogen-bond acceptors (Lipinski definition) is 11. The van der Waals surface area contributed by atoms with E-state index in [1.807, 2.05) is 5.32 Å². The molecule has 198 valence electrons. The summed E-state index contributed by atoms with van der Waals surface area (Å²) < 4.78 is 0. The first-order chi connectivity index (χ1) is 16.4. The van der Waals surface area contributed by atoms with Crippen LogP contribution >= 0.6 is 12.6 Å². The van der Waals surface area contributed by atoms with Crippen LogP contribution in [0.3, 0.4) is 0 Å². The normalized spacial score (nSPS) is 13.8. The van der Waals surface area contributed by atoms with Gasteiger partial charge in [0.05, 0.1) is 38.8 Å². The van der Waals surface area contributed by atoms with Gasteiger partial charge in [0.2, 0.25) is 35.4 Å². The van der Waals surface area contributed by atoms with Crippen LogP contribution in [0.2, 0.25) is 0 Å². The number of nitrogens with one attached hydrogen (secondary N) is 5. The minimum atomic E-state index is -1.59. The Kier molecular flexibility index (Phi) is 14.6. The van der Waals surface area contributed by atoms with Gasteiger partial charge in [-0.25, -0.2) is 4.79 Å². The van der Waals surface area contributed by atoms with E-state index in [4.69, 9.17) is 21.7 Å². The molecule has 0 radical (unpaired) electrons. The van der Waals surface area contributed by atoms with Crippen LogP contribution in [0.4, 0.5) is 0 Å². The molecule has 0 aliphatic rings. The number of nitrogens with two attached hydrogens (primary N) is 2. The Bertz CT molecular complexity index is 812. The Balaban J connectivity index is 4.81. The maximum absolute atomic E-state index is 12.4. The highest BCUT2D eigenvalue weighted by atomic mass is 32.1. The van der Waals surface area contributed by atoms with Crippen molar-refractivity contribution in [1.82, 2.24) is 26.6 Å². The van der Waals surface area contributed by atoms with E-state index in [0.29, 0.717) is 0 Å². The zero-order valence-electron chi connectivity index (χ0n) is 18.4. The van der Waals surface area contributed by atoms with Crippen molar-refractivity contribution < 1.29 is 48.9 Å². The zero-order valence-corrected chi connectivity index (χ0v) is 19.2. The average Bonchev–Trinajstić information content (AvgIpc) is 2.80. The minimum absolute atomic E-state index is 0.0658. The number of carboxylic acids is 1. The van der Waals surface area contributed by atoms with Crippen molar-refractivity contribution in [2.24, 2.45) is 11.5 Å². The number of amides is 6. The summed E-state index contributed by atoms with van der Waals surface area (Å²) in [6.07, 6.45) is -0.639. The standard InChI is InChI=1S/C17H29N7O10S/c18-7(6-35)14(30)23-8(1-11(19)27)16(32)24-9(4-25)15(31)21-2-12(28)20-3-13(29)22-10(5-26)17(33)34/h7-10,25-26,35H,1-6,18H2,(H2,19,27)(H,20,28)(H,21,31)(H,22,29)(H,23,30)(H,24,32)(H,33,34). The van der Waals surface area contributed by atoms with Crippen molar-refractivity contribution in [2.45, 2.75) is 30.6 Å². The van der Waals surface area contributed by atoms with Gasteiger partial charge < -0.3 is 53.4 Å². The Hall–Kier alpha value is -3.48. The summed E-state index contributed by atoms with van der Waals surface area (Å²) >= 11 is 3.84. The molecule has 12 N–H and O–H groups in total. The SMILES string of the molecule is NC(=O)CC(NC(=O)C(N)CS)C(=O)NC(CO)C(=O)NCC(=O)NCC(=O)NC(CO)C(=O)O. The number of carboxylic acid groups (broad SMARTS) is 1. The smallest absolute Gasteiger partial charge is 0.328 e. The number of aliphatic carboxylic acids is 1. The topological polar surface area (TPSA) is 292 Å². The number of aliphatic hydroxyl groups is 2. The van der Waals surface area contributed by atoms with Gasteiger partial charge in [-0.15, -0.1) is 0 Å². The second kappa shape index (κ2) is 16.2. The van der Waals surface area contributed by atoms with Crippen LogP contribution in [-0.2, 0) is 33.6 Å². The summed E-state index contributed by atoms with van der Waals surface area (Å²) in [5.74, 6) is -7.20. The monoisotopic (exact) mass is 523 g/mol. The molecule has 0 saturated heterocycles. The molecule has 18 heteroatoms. The number of primary amides is 1. The van der Waals surface area contributed by atoms with E-state index in [1.165, 1.54) is 0 Å². The number of rotatable bonds is 16. The number of carbonyl (C=O) groups excluding carboxylic acids is 6. The van der Waals surface area contributed by atoms with Gasteiger partial charge in [-0.1, -0.05) is 0 Å². The Morgan fingerprint density at radius 2 is 1.29 bits per heavy atom. The van der Waals surface area contributed by atoms with E-state index in [9.17, 15) is 38.7 Å². The third-order valence-corrected chi connectivity index (χ3v) is 4.47. The van der Waals surface area contributed by atoms with Crippen molar-refractivity contribution in [3.8, 4) is 0 Å². The van der Waals surface area contributed by atoms with E-state index in [1.54, 1.807) is 0 Å². The van der Waals surface area contributed by atoms with Crippen LogP contribution in [0, 0.1) is 0 Å². The lowest BCUT2D eigenvalue weighted by atomic mass is 10.1. The molecule has 0 fully saturated rings. The number of hydrogen-bond donors (Lipinski definition) is 11. The summed E-state index contributed by atoms with van der Waals surface area (Å²) in [6.45, 7) is -3.15. The van der Waals surface area contributed by atoms with Crippen LogP contribution in [0.5, 0.6) is 0 Å². The molecule has 4 unspecified atom stereocenters. The van der Waals surface area contributed by atoms with Crippen molar-refractivity contribution in [1.29, 1.82) is 0 Å². The number of aliphatic hydroxyl groups excluding tert-OH is 2. The molecule has 4 atom stereocenters. The Morgan fingerprint density at radius 1 is 0.743 bits per heavy atom. The first kappa shape index (κ1) is 31.5. The van der Waals surface area contributed by atoms with E-state index in [0.717, 1.165) is 0 Å². The molecule has 0 aliphatic heterocycles. The lowest BCUT2D eigenvalue weighted by Crippen LogP contribution is -2.58. The molecule has 0 aliphatic carbocycles. The molecular formula is C17H29N7O10S. The van der Waals surface area contributed by atoms with Gasteiger partial charge in [0, 0.05) is 5.75 Å². The van der Waals surface area contributed by atoms with Gasteiger partial charge in [0.15, 0.2) is 0 Å². The van der Waals surface area contributed by atoms with Crippen LogP contribution in [-0.4, -0.2) is 113 Å². The fraction of sp³-hybridized carbons (Fsp3) is 0.588. The molecule has 0 rings (SSSR count). The number of carbonyl (C=O) groups is 7. The lowest BCUT2D eigenvalue weighted by Gasteiger charge is -2.22. The highest BCUT2D eigenvalue weighted by Crippen LogP contribution is 1.96. The molecule has 0 bridgehead atoms. The van der Waals surface area contributed by atoms with Crippen molar-refractivity contribution in [3.05, 3.63) is 0 Å². The predicted molar refractivity (Wildman–Crippen MR) is 119 cm³/mol. The number of thiol groups is 1. The van der Waals surface area contributed by atoms with E-state index >= 15 is 0 Å². The van der Waals surface area contributed by atoms with Crippen LogP contribution in [0.25, 0.3) is 0 Å². The summed E-state index contributed by atoms with van der Waals surface area (Å²) in [7, 11) is 0. The van der Waals surface area contributed by atoms with Gasteiger partial charge >= 0.3 is 5.97 Å². The molecule has 0 spiro atoms. The maximum atomic E-state index is 12.4. The minimum Gasteiger partial charge on any atom is -0.480 e. The second-order valence-corrected chi connectivity index (χ2v) is 7.27. The average molecular weight is 524 g/mol. The van der Waals surface area contributed by atoms with Gasteiger partial charge in [-0.2, -0.15) is 12.6 Å². The molecular weight excluding hydrogens is 494 g/mol. The predicted octanol–water partition coefficient (Wildman–Crippen LogP) is -7.13. The van der Waals surface area contributed by atoms with Crippen molar-refractivity contribution in [3.63, 3.8) is 0 Å². The highest BCUT2D eigenvalue weighted by molar-refractivity contribution is 7.80. The van der Waals surface area contributed by atoms with Crippen LogP contribution < -0.4 is 38.1 Å². The summed E-state index contributed by atoms with van der Waals surface area (Å²) in [5, 5.41) is 37.3. The first-order valence-corrected chi connectivity index (χ1v) is 10.5. The van der Waals surface area contributed by atoms with Gasteiger partial charge in [0.25, 0.3) is 0 Å². The Labute approximate surface area is 204 Å². The molecule has 0 aromatic rings. The largest absolute Gasteiger partial charge is 0.480 e. The third-order valence-electron chi connectivity index (χ3n) is 4.07. The molecule has 6 amide bonds. The fourth-order valence-electron chi connectivity index (χ4n) is 2.20. The molecule has 0 saturated carbocycles. The second-order valence-electron chi connectivity index (χ2n) is 6.90. The summed E-state index contributed by atoms with van der Waals surface area (Å²) in [5.41, 5.74) is 10.5. The maximum Gasteiger partial charge on any atom is 0.328 e. The van der Waals surface area contributed by atoms with E-state index in [-0.39, 0.29) is 5.75 Å². The van der Waals surface area contributed by atoms with Crippen LogP contribution in [0.1, 0.15) is 6.42 Å². The summed E-state index contributed by atoms with van der Waals surface area (Å²) in [4.78, 5) is 81.8. The first-order valence-electron chi connectivity index (χ1n) is 9.89. The highest BCUT2D eigenvalue weighted by Gasteiger charge is 2.29. The fourth-order valence-corrected chi connectivity index (χ4v) is 2.37. The summed E-state index contributed by atoms with van der Waals surface area (Å²) in [6, 6.07) is -5.77. The molecule has 0 aromatic carbocycles. The van der Waals surface area contributed by atoms with Crippen molar-refractivity contribution in [2.75, 3.05) is 32.1 Å². The molecule has 0 aromatic heterocycles. The lowest BCUT2D eigenvalue weighted by molar-refractivity contribution is -0.142. The molecule has 35 heavy (non-hydrogen) atoms. The van der Waals surface area contributed by atoms with Crippen molar-refractivity contribution >= 4 is 54.0 Å². The quantitative estimate of drug-likeness (QED) is 0.0844. The van der Waals surface area contributed by atoms with E-state index < -0.39 is 98.3 Å². The zero-order chi connectivity index (χ0) is 27.1. The van der Waals surface area contributed by atoms with Gasteiger partial charge in [-0.05, 0) is 0 Å². The van der Waals surface area contributed by atoms with Gasteiger partial charge in [0.1, 0.15) is 18.1 Å². The Morgan fingerprint density at radius 3 is 1.77 bits per heavy atom. The molecule has 0 heterocycles. The van der Waals surface area contributed by atoms with Crippen LogP contribution in [0.15, 0.2) is 0 Å². The van der Waals surface area contributed by atoms with Gasteiger partial charge in [-0.3, -0.25) is 28.8 Å². The third kappa shape index (κ3) is 12.5. The van der Waals surface area contributed by atoms with E-state index in [2.05, 4.69) is 33.9 Å².